The highest BCUT2D eigenvalue weighted by Gasteiger charge is 2.09. The van der Waals surface area contributed by atoms with Gasteiger partial charge in [-0.2, -0.15) is 0 Å². The van der Waals surface area contributed by atoms with Crippen LogP contribution < -0.4 is 4.74 Å². The second kappa shape index (κ2) is 5.76. The first-order valence-electron chi connectivity index (χ1n) is 6.08. The summed E-state index contributed by atoms with van der Waals surface area (Å²) in [5, 5.41) is 12.6. The lowest BCUT2D eigenvalue weighted by Gasteiger charge is -2.02. The molecule has 0 fully saturated rings. The summed E-state index contributed by atoms with van der Waals surface area (Å²) in [4.78, 5) is 15.5. The molecule has 0 aliphatic carbocycles. The molecular formula is C14H10N2O4S. The third kappa shape index (κ3) is 3.09. The van der Waals surface area contributed by atoms with Crippen molar-refractivity contribution < 1.29 is 14.1 Å². The van der Waals surface area contributed by atoms with E-state index in [1.165, 1.54) is 29.7 Å². The number of ether oxygens (including phenoxy) is 1. The van der Waals surface area contributed by atoms with E-state index in [-0.39, 0.29) is 12.3 Å². The van der Waals surface area contributed by atoms with Gasteiger partial charge in [0.2, 0.25) is 5.89 Å². The van der Waals surface area contributed by atoms with E-state index in [1.54, 1.807) is 12.1 Å². The molecule has 0 amide bonds. The minimum absolute atomic E-state index is 0.00747. The van der Waals surface area contributed by atoms with Crippen molar-refractivity contribution in [3.8, 4) is 16.5 Å². The number of nitro groups is 1. The fourth-order valence-corrected chi connectivity index (χ4v) is 2.39. The van der Waals surface area contributed by atoms with Crippen LogP contribution in [0.1, 0.15) is 5.69 Å². The SMILES string of the molecule is O=[N+]([O-])c1cccc(OCc2coc(-c3cccs3)n2)c1. The van der Waals surface area contributed by atoms with Crippen LogP contribution in [0.3, 0.4) is 0 Å². The van der Waals surface area contributed by atoms with Crippen LogP contribution in [-0.4, -0.2) is 9.91 Å². The number of hydrogen-bond acceptors (Lipinski definition) is 6. The van der Waals surface area contributed by atoms with Crippen molar-refractivity contribution in [2.75, 3.05) is 0 Å². The molecule has 6 nitrogen and oxygen atoms in total. The van der Waals surface area contributed by atoms with E-state index < -0.39 is 4.92 Å². The normalized spacial score (nSPS) is 10.5. The fraction of sp³-hybridized carbons (Fsp3) is 0.0714. The number of nitro benzene ring substituents is 1. The largest absolute Gasteiger partial charge is 0.487 e. The Balaban J connectivity index is 1.68. The summed E-state index contributed by atoms with van der Waals surface area (Å²) in [6.45, 7) is 0.191. The lowest BCUT2D eigenvalue weighted by atomic mass is 10.3. The summed E-state index contributed by atoms with van der Waals surface area (Å²) in [5.41, 5.74) is 0.622. The molecule has 1 aromatic carbocycles. The quantitative estimate of drug-likeness (QED) is 0.527. The molecule has 2 heterocycles. The average molecular weight is 302 g/mol. The fourth-order valence-electron chi connectivity index (χ4n) is 1.73. The second-order valence-corrected chi connectivity index (χ2v) is 5.11. The molecule has 106 valence electrons. The molecule has 0 atom stereocenters. The predicted octanol–water partition coefficient (Wildman–Crippen LogP) is 3.89. The Kier molecular flexibility index (Phi) is 3.65. The van der Waals surface area contributed by atoms with Gasteiger partial charge in [-0.1, -0.05) is 12.1 Å². The van der Waals surface area contributed by atoms with E-state index in [0.29, 0.717) is 17.3 Å². The topological polar surface area (TPSA) is 78.4 Å². The first-order valence-corrected chi connectivity index (χ1v) is 6.96. The maximum atomic E-state index is 10.7. The van der Waals surface area contributed by atoms with Gasteiger partial charge in [0, 0.05) is 6.07 Å². The molecule has 3 aromatic rings. The van der Waals surface area contributed by atoms with Gasteiger partial charge in [0.1, 0.15) is 24.3 Å². The summed E-state index contributed by atoms with van der Waals surface area (Å²) in [6.07, 6.45) is 1.52. The van der Waals surface area contributed by atoms with Crippen LogP contribution in [0.15, 0.2) is 52.5 Å². The second-order valence-electron chi connectivity index (χ2n) is 4.16. The Morgan fingerprint density at radius 3 is 3.00 bits per heavy atom. The van der Waals surface area contributed by atoms with Gasteiger partial charge < -0.3 is 9.15 Å². The number of thiophene rings is 1. The van der Waals surface area contributed by atoms with Crippen LogP contribution in [-0.2, 0) is 6.61 Å². The van der Waals surface area contributed by atoms with Crippen LogP contribution in [0.4, 0.5) is 5.69 Å². The molecule has 0 radical (unpaired) electrons. The van der Waals surface area contributed by atoms with E-state index >= 15 is 0 Å². The molecule has 0 bridgehead atoms. The molecule has 0 saturated heterocycles. The van der Waals surface area contributed by atoms with Gasteiger partial charge in [-0.15, -0.1) is 11.3 Å². The highest BCUT2D eigenvalue weighted by atomic mass is 32.1. The van der Waals surface area contributed by atoms with Crippen molar-refractivity contribution in [2.45, 2.75) is 6.61 Å². The Hall–Kier alpha value is -2.67. The van der Waals surface area contributed by atoms with Crippen molar-refractivity contribution in [3.05, 3.63) is 63.8 Å². The zero-order valence-corrected chi connectivity index (χ0v) is 11.6. The highest BCUT2D eigenvalue weighted by Crippen LogP contribution is 2.24. The van der Waals surface area contributed by atoms with Crippen molar-refractivity contribution in [3.63, 3.8) is 0 Å². The van der Waals surface area contributed by atoms with Crippen LogP contribution in [0.2, 0.25) is 0 Å². The monoisotopic (exact) mass is 302 g/mol. The van der Waals surface area contributed by atoms with Crippen LogP contribution in [0, 0.1) is 10.1 Å². The average Bonchev–Trinajstić information content (AvgIpc) is 3.16. The van der Waals surface area contributed by atoms with E-state index in [4.69, 9.17) is 9.15 Å². The van der Waals surface area contributed by atoms with Gasteiger partial charge >= 0.3 is 0 Å². The van der Waals surface area contributed by atoms with Crippen LogP contribution >= 0.6 is 11.3 Å². The Morgan fingerprint density at radius 1 is 1.33 bits per heavy atom. The smallest absolute Gasteiger partial charge is 0.273 e. The molecule has 0 aliphatic heterocycles. The lowest BCUT2D eigenvalue weighted by Crippen LogP contribution is -1.96. The van der Waals surface area contributed by atoms with Gasteiger partial charge in [-0.05, 0) is 17.5 Å². The maximum absolute atomic E-state index is 10.7. The molecule has 0 saturated carbocycles. The molecule has 0 unspecified atom stereocenters. The number of rotatable bonds is 5. The van der Waals surface area contributed by atoms with Gasteiger partial charge in [0.05, 0.1) is 15.9 Å². The number of benzene rings is 1. The predicted molar refractivity (Wildman–Crippen MR) is 77.2 cm³/mol. The summed E-state index contributed by atoms with van der Waals surface area (Å²) in [5.74, 6) is 0.965. The Morgan fingerprint density at radius 2 is 2.24 bits per heavy atom. The molecule has 0 N–H and O–H groups in total. The summed E-state index contributed by atoms with van der Waals surface area (Å²) >= 11 is 1.54. The maximum Gasteiger partial charge on any atom is 0.273 e. The molecular weight excluding hydrogens is 292 g/mol. The first kappa shape index (κ1) is 13.3. The number of oxazole rings is 1. The zero-order valence-electron chi connectivity index (χ0n) is 10.8. The van der Waals surface area contributed by atoms with E-state index in [1.807, 2.05) is 17.5 Å². The van der Waals surface area contributed by atoms with Crippen LogP contribution in [0.5, 0.6) is 5.75 Å². The first-order chi connectivity index (χ1) is 10.2. The Labute approximate surface area is 123 Å². The van der Waals surface area contributed by atoms with Gasteiger partial charge in [-0.3, -0.25) is 10.1 Å². The van der Waals surface area contributed by atoms with Gasteiger partial charge in [0.15, 0.2) is 0 Å². The molecule has 0 aliphatic rings. The van der Waals surface area contributed by atoms with E-state index in [9.17, 15) is 10.1 Å². The minimum Gasteiger partial charge on any atom is -0.487 e. The van der Waals surface area contributed by atoms with E-state index in [0.717, 1.165) is 4.88 Å². The van der Waals surface area contributed by atoms with Gasteiger partial charge in [0.25, 0.3) is 5.69 Å². The Bertz CT molecular complexity index is 752. The third-order valence-electron chi connectivity index (χ3n) is 2.70. The lowest BCUT2D eigenvalue weighted by molar-refractivity contribution is -0.384. The van der Waals surface area contributed by atoms with Gasteiger partial charge in [-0.25, -0.2) is 4.98 Å². The number of aromatic nitrogens is 1. The summed E-state index contributed by atoms with van der Waals surface area (Å²) < 4.78 is 10.9. The number of hydrogen-bond donors (Lipinski definition) is 0. The van der Waals surface area contributed by atoms with Crippen LogP contribution in [0.25, 0.3) is 10.8 Å². The van der Waals surface area contributed by atoms with Crippen molar-refractivity contribution in [1.82, 2.24) is 4.98 Å². The third-order valence-corrected chi connectivity index (χ3v) is 3.56. The highest BCUT2D eigenvalue weighted by molar-refractivity contribution is 7.13. The molecule has 7 heteroatoms. The number of nitrogens with zero attached hydrogens (tertiary/aromatic N) is 2. The van der Waals surface area contributed by atoms with Crippen molar-refractivity contribution in [2.24, 2.45) is 0 Å². The zero-order chi connectivity index (χ0) is 14.7. The summed E-state index contributed by atoms with van der Waals surface area (Å²) in [7, 11) is 0. The summed E-state index contributed by atoms with van der Waals surface area (Å²) in [6, 6.07) is 9.86. The van der Waals surface area contributed by atoms with Crippen molar-refractivity contribution in [1.29, 1.82) is 0 Å². The minimum atomic E-state index is -0.460. The molecule has 3 rings (SSSR count). The molecule has 21 heavy (non-hydrogen) atoms. The molecule has 0 spiro atoms. The molecule has 2 aromatic heterocycles. The standard InChI is InChI=1S/C14H10N2O4S/c17-16(18)11-3-1-4-12(7-11)19-8-10-9-20-14(15-10)13-5-2-6-21-13/h1-7,9H,8H2. The number of non-ortho nitro benzene ring substituents is 1. The van der Waals surface area contributed by atoms with Crippen molar-refractivity contribution >= 4 is 17.0 Å². The van der Waals surface area contributed by atoms with E-state index in [2.05, 4.69) is 4.98 Å².